The summed E-state index contributed by atoms with van der Waals surface area (Å²) in [6.07, 6.45) is -5.14. The molecular formula is C9H8ClF3O. The van der Waals surface area contributed by atoms with Gasteiger partial charge < -0.3 is 4.74 Å². The Morgan fingerprint density at radius 1 is 1.29 bits per heavy atom. The van der Waals surface area contributed by atoms with Gasteiger partial charge in [-0.05, 0) is 18.2 Å². The number of hydrogen-bond donors (Lipinski definition) is 0. The first kappa shape index (κ1) is 11.2. The number of alkyl halides is 3. The monoisotopic (exact) mass is 224 g/mol. The van der Waals surface area contributed by atoms with Crippen LogP contribution in [0.1, 0.15) is 6.42 Å². The third kappa shape index (κ3) is 4.37. The Balaban J connectivity index is 2.39. The smallest absolute Gasteiger partial charge is 0.392 e. The van der Waals surface area contributed by atoms with Crippen molar-refractivity contribution >= 4 is 11.6 Å². The normalized spacial score (nSPS) is 11.4. The molecule has 0 N–H and O–H groups in total. The molecule has 0 saturated heterocycles. The lowest BCUT2D eigenvalue weighted by molar-refractivity contribution is -0.139. The van der Waals surface area contributed by atoms with Crippen LogP contribution >= 0.6 is 11.6 Å². The molecule has 0 aliphatic heterocycles. The van der Waals surface area contributed by atoms with E-state index in [0.717, 1.165) is 0 Å². The summed E-state index contributed by atoms with van der Waals surface area (Å²) in [4.78, 5) is 0. The van der Waals surface area contributed by atoms with E-state index in [4.69, 9.17) is 16.3 Å². The standard InChI is InChI=1S/C9H8ClF3O/c10-7-2-1-3-8(6-7)14-5-4-9(11,12)13/h1-3,6H,4-5H2. The molecule has 0 aliphatic carbocycles. The largest absolute Gasteiger partial charge is 0.493 e. The molecule has 0 aromatic heterocycles. The summed E-state index contributed by atoms with van der Waals surface area (Å²) in [7, 11) is 0. The van der Waals surface area contributed by atoms with Crippen molar-refractivity contribution in [1.82, 2.24) is 0 Å². The van der Waals surface area contributed by atoms with Crippen molar-refractivity contribution in [3.8, 4) is 5.75 Å². The first-order valence-electron chi connectivity index (χ1n) is 3.92. The Morgan fingerprint density at radius 3 is 2.57 bits per heavy atom. The zero-order valence-electron chi connectivity index (χ0n) is 7.14. The molecule has 0 unspecified atom stereocenters. The van der Waals surface area contributed by atoms with Crippen LogP contribution in [0.5, 0.6) is 5.75 Å². The molecule has 1 nitrogen and oxygen atoms in total. The minimum Gasteiger partial charge on any atom is -0.493 e. The Bertz CT molecular complexity index is 298. The highest BCUT2D eigenvalue weighted by molar-refractivity contribution is 6.30. The van der Waals surface area contributed by atoms with Crippen LogP contribution in [-0.2, 0) is 0 Å². The lowest BCUT2D eigenvalue weighted by Crippen LogP contribution is -2.12. The molecule has 5 heteroatoms. The van der Waals surface area contributed by atoms with Crippen LogP contribution < -0.4 is 4.74 Å². The van der Waals surface area contributed by atoms with Gasteiger partial charge in [0.05, 0.1) is 13.0 Å². The molecule has 0 bridgehead atoms. The zero-order chi connectivity index (χ0) is 10.6. The van der Waals surface area contributed by atoms with E-state index in [0.29, 0.717) is 10.8 Å². The van der Waals surface area contributed by atoms with Crippen molar-refractivity contribution < 1.29 is 17.9 Å². The topological polar surface area (TPSA) is 9.23 Å². The molecule has 1 rings (SSSR count). The van der Waals surface area contributed by atoms with Gasteiger partial charge in [0.2, 0.25) is 0 Å². The maximum absolute atomic E-state index is 11.7. The molecule has 0 saturated carbocycles. The van der Waals surface area contributed by atoms with Crippen molar-refractivity contribution in [1.29, 1.82) is 0 Å². The highest BCUT2D eigenvalue weighted by atomic mass is 35.5. The molecule has 1 aromatic rings. The van der Waals surface area contributed by atoms with Crippen LogP contribution in [0.4, 0.5) is 13.2 Å². The predicted octanol–water partition coefficient (Wildman–Crippen LogP) is 3.67. The summed E-state index contributed by atoms with van der Waals surface area (Å²) in [6.45, 7) is -0.385. The van der Waals surface area contributed by atoms with Gasteiger partial charge in [-0.25, -0.2) is 0 Å². The molecule has 1 aromatic carbocycles. The Morgan fingerprint density at radius 2 is 2.00 bits per heavy atom. The number of ether oxygens (including phenoxy) is 1. The highest BCUT2D eigenvalue weighted by Gasteiger charge is 2.26. The van der Waals surface area contributed by atoms with Gasteiger partial charge in [0.15, 0.2) is 0 Å². The lowest BCUT2D eigenvalue weighted by Gasteiger charge is -2.08. The lowest BCUT2D eigenvalue weighted by atomic mass is 10.3. The molecule has 0 heterocycles. The second-order valence-electron chi connectivity index (χ2n) is 2.67. The Labute approximate surface area is 84.4 Å². The van der Waals surface area contributed by atoms with E-state index in [-0.39, 0.29) is 6.61 Å². The molecule has 78 valence electrons. The minimum atomic E-state index is -4.18. The molecular weight excluding hydrogens is 217 g/mol. The van der Waals surface area contributed by atoms with E-state index >= 15 is 0 Å². The highest BCUT2D eigenvalue weighted by Crippen LogP contribution is 2.21. The van der Waals surface area contributed by atoms with Crippen molar-refractivity contribution in [3.05, 3.63) is 29.3 Å². The summed E-state index contributed by atoms with van der Waals surface area (Å²) in [5, 5.41) is 0.439. The van der Waals surface area contributed by atoms with Gasteiger partial charge in [0, 0.05) is 5.02 Å². The van der Waals surface area contributed by atoms with E-state index in [1.54, 1.807) is 18.2 Å². The van der Waals surface area contributed by atoms with E-state index in [2.05, 4.69) is 0 Å². The first-order chi connectivity index (χ1) is 6.47. The molecule has 0 radical (unpaired) electrons. The Hall–Kier alpha value is -0.900. The summed E-state index contributed by atoms with van der Waals surface area (Å²) < 4.78 is 40.1. The molecule has 0 atom stereocenters. The molecule has 0 amide bonds. The second-order valence-corrected chi connectivity index (χ2v) is 3.11. The second kappa shape index (κ2) is 4.55. The summed E-state index contributed by atoms with van der Waals surface area (Å²) in [5.41, 5.74) is 0. The fourth-order valence-corrected chi connectivity index (χ4v) is 1.02. The van der Waals surface area contributed by atoms with E-state index < -0.39 is 12.6 Å². The fraction of sp³-hybridized carbons (Fsp3) is 0.333. The van der Waals surface area contributed by atoms with Crippen LogP contribution in [-0.4, -0.2) is 12.8 Å². The molecule has 14 heavy (non-hydrogen) atoms. The molecule has 0 fully saturated rings. The molecule has 0 spiro atoms. The Kier molecular flexibility index (Phi) is 3.63. The minimum absolute atomic E-state index is 0.349. The van der Waals surface area contributed by atoms with Crippen LogP contribution in [0, 0.1) is 0 Å². The van der Waals surface area contributed by atoms with Crippen LogP contribution in [0.3, 0.4) is 0 Å². The van der Waals surface area contributed by atoms with Crippen molar-refractivity contribution in [3.63, 3.8) is 0 Å². The summed E-state index contributed by atoms with van der Waals surface area (Å²) >= 11 is 5.61. The SMILES string of the molecule is FC(F)(F)CCOc1cccc(Cl)c1. The van der Waals surface area contributed by atoms with Gasteiger partial charge in [0.25, 0.3) is 0 Å². The van der Waals surface area contributed by atoms with E-state index in [1.165, 1.54) is 6.07 Å². The van der Waals surface area contributed by atoms with E-state index in [1.807, 2.05) is 0 Å². The quantitative estimate of drug-likeness (QED) is 0.761. The van der Waals surface area contributed by atoms with E-state index in [9.17, 15) is 13.2 Å². The van der Waals surface area contributed by atoms with Gasteiger partial charge in [-0.3, -0.25) is 0 Å². The molecule has 0 aliphatic rings. The van der Waals surface area contributed by atoms with Crippen LogP contribution in [0.25, 0.3) is 0 Å². The number of halogens is 4. The van der Waals surface area contributed by atoms with Crippen LogP contribution in [0.2, 0.25) is 5.02 Å². The van der Waals surface area contributed by atoms with Gasteiger partial charge in [-0.2, -0.15) is 13.2 Å². The maximum atomic E-state index is 11.7. The predicted molar refractivity (Wildman–Crippen MR) is 47.6 cm³/mol. The van der Waals surface area contributed by atoms with Crippen molar-refractivity contribution in [2.75, 3.05) is 6.61 Å². The van der Waals surface area contributed by atoms with Crippen molar-refractivity contribution in [2.45, 2.75) is 12.6 Å². The van der Waals surface area contributed by atoms with Gasteiger partial charge in [-0.1, -0.05) is 17.7 Å². The summed E-state index contributed by atoms with van der Waals surface area (Å²) in [5.74, 6) is 0.349. The number of hydrogen-bond acceptors (Lipinski definition) is 1. The number of benzene rings is 1. The third-order valence-corrected chi connectivity index (χ3v) is 1.69. The van der Waals surface area contributed by atoms with Gasteiger partial charge in [0.1, 0.15) is 5.75 Å². The zero-order valence-corrected chi connectivity index (χ0v) is 7.90. The average Bonchev–Trinajstić information content (AvgIpc) is 2.01. The maximum Gasteiger partial charge on any atom is 0.392 e. The average molecular weight is 225 g/mol. The van der Waals surface area contributed by atoms with Crippen molar-refractivity contribution in [2.24, 2.45) is 0 Å². The van der Waals surface area contributed by atoms with Gasteiger partial charge in [-0.15, -0.1) is 0 Å². The fourth-order valence-electron chi connectivity index (χ4n) is 0.841. The first-order valence-corrected chi connectivity index (χ1v) is 4.30. The summed E-state index contributed by atoms with van der Waals surface area (Å²) in [6, 6.07) is 6.27. The van der Waals surface area contributed by atoms with Crippen LogP contribution in [0.15, 0.2) is 24.3 Å². The van der Waals surface area contributed by atoms with Gasteiger partial charge >= 0.3 is 6.18 Å². The number of rotatable bonds is 3. The third-order valence-electron chi connectivity index (χ3n) is 1.45.